The van der Waals surface area contributed by atoms with Crippen molar-refractivity contribution in [2.24, 2.45) is 0 Å². The van der Waals surface area contributed by atoms with E-state index in [9.17, 15) is 0 Å². The monoisotopic (exact) mass is 339 g/mol. The van der Waals surface area contributed by atoms with Crippen LogP contribution in [0.3, 0.4) is 0 Å². The number of ether oxygens (including phenoxy) is 1. The van der Waals surface area contributed by atoms with Gasteiger partial charge in [0.2, 0.25) is 0 Å². The molecule has 2 atom stereocenters. The zero-order valence-corrected chi connectivity index (χ0v) is 15.1. The van der Waals surface area contributed by atoms with Crippen molar-refractivity contribution in [3.05, 3.63) is 29.8 Å². The summed E-state index contributed by atoms with van der Waals surface area (Å²) in [5, 5.41) is 3.45. The Balaban J connectivity index is 0.00000192. The second-order valence-corrected chi connectivity index (χ2v) is 6.66. The molecule has 0 saturated carbocycles. The molecule has 2 saturated heterocycles. The second-order valence-electron chi connectivity index (χ2n) is 6.66. The molecule has 2 heterocycles. The molecule has 1 aromatic rings. The number of rotatable bonds is 5. The average Bonchev–Trinajstić information content (AvgIpc) is 3.04. The van der Waals surface area contributed by atoms with E-state index in [1.165, 1.54) is 38.2 Å². The van der Waals surface area contributed by atoms with Crippen molar-refractivity contribution < 1.29 is 4.74 Å². The largest absolute Gasteiger partial charge is 0.497 e. The van der Waals surface area contributed by atoms with Crippen LogP contribution >= 0.6 is 12.4 Å². The topological polar surface area (TPSA) is 27.7 Å². The first-order valence-electron chi connectivity index (χ1n) is 8.57. The van der Waals surface area contributed by atoms with E-state index in [2.05, 4.69) is 46.3 Å². The van der Waals surface area contributed by atoms with Crippen molar-refractivity contribution in [2.45, 2.75) is 25.3 Å². The highest BCUT2D eigenvalue weighted by Crippen LogP contribution is 2.23. The first kappa shape index (κ1) is 18.5. The lowest BCUT2D eigenvalue weighted by Crippen LogP contribution is -2.49. The lowest BCUT2D eigenvalue weighted by molar-refractivity contribution is 0.170. The third kappa shape index (κ3) is 4.83. The van der Waals surface area contributed by atoms with Gasteiger partial charge in [-0.05, 0) is 36.6 Å². The van der Waals surface area contributed by atoms with Gasteiger partial charge in [0.25, 0.3) is 0 Å². The molecule has 130 valence electrons. The van der Waals surface area contributed by atoms with Gasteiger partial charge < -0.3 is 15.0 Å². The van der Waals surface area contributed by atoms with Crippen molar-refractivity contribution in [1.82, 2.24) is 15.1 Å². The summed E-state index contributed by atoms with van der Waals surface area (Å²) in [7, 11) is 1.72. The summed E-state index contributed by atoms with van der Waals surface area (Å²) in [6, 6.07) is 9.31. The third-order valence-electron chi connectivity index (χ3n) is 5.13. The van der Waals surface area contributed by atoms with Crippen LogP contribution in [0.25, 0.3) is 0 Å². The number of hydrogen-bond donors (Lipinski definition) is 1. The summed E-state index contributed by atoms with van der Waals surface area (Å²) in [5.74, 6) is 1.52. The highest BCUT2D eigenvalue weighted by molar-refractivity contribution is 5.85. The molecular formula is C18H30ClN3O. The molecule has 0 amide bonds. The van der Waals surface area contributed by atoms with Gasteiger partial charge in [-0.1, -0.05) is 19.1 Å². The van der Waals surface area contributed by atoms with E-state index in [0.29, 0.717) is 5.92 Å². The molecule has 0 bridgehead atoms. The normalized spacial score (nSPS) is 24.2. The van der Waals surface area contributed by atoms with E-state index in [1.54, 1.807) is 7.11 Å². The van der Waals surface area contributed by atoms with Crippen LogP contribution in [-0.4, -0.2) is 68.8 Å². The van der Waals surface area contributed by atoms with Gasteiger partial charge in [-0.2, -0.15) is 0 Å². The molecule has 2 aliphatic heterocycles. The first-order valence-corrected chi connectivity index (χ1v) is 8.57. The van der Waals surface area contributed by atoms with Crippen LogP contribution in [0.5, 0.6) is 5.75 Å². The lowest BCUT2D eigenvalue weighted by Gasteiger charge is -2.33. The van der Waals surface area contributed by atoms with E-state index in [-0.39, 0.29) is 12.4 Å². The Bertz CT molecular complexity index is 462. The van der Waals surface area contributed by atoms with Gasteiger partial charge in [0.15, 0.2) is 0 Å². The van der Waals surface area contributed by atoms with Crippen LogP contribution in [0.15, 0.2) is 24.3 Å². The highest BCUT2D eigenvalue weighted by Gasteiger charge is 2.29. The number of hydrogen-bond acceptors (Lipinski definition) is 4. The fourth-order valence-electron chi connectivity index (χ4n) is 3.75. The number of likely N-dealkylation sites (tertiary alicyclic amines) is 1. The number of piperazine rings is 1. The van der Waals surface area contributed by atoms with Gasteiger partial charge in [-0.3, -0.25) is 4.90 Å². The molecule has 2 fully saturated rings. The van der Waals surface area contributed by atoms with Crippen molar-refractivity contribution in [3.8, 4) is 5.75 Å². The lowest BCUT2D eigenvalue weighted by atomic mass is 10.0. The quantitative estimate of drug-likeness (QED) is 0.890. The molecule has 4 nitrogen and oxygen atoms in total. The standard InChI is InChI=1S/C18H29N3O.ClH/c1-15(16-3-5-18(22-2)6-4-16)13-20-10-7-17(14-20)21-11-8-19-9-12-21;/h3-6,15,17,19H,7-14H2,1-2H3;1H. The molecule has 0 aromatic heterocycles. The van der Waals surface area contributed by atoms with Gasteiger partial charge in [-0.25, -0.2) is 0 Å². The smallest absolute Gasteiger partial charge is 0.118 e. The summed E-state index contributed by atoms with van der Waals surface area (Å²) in [6.45, 7) is 10.7. The first-order chi connectivity index (χ1) is 10.8. The number of methoxy groups -OCH3 is 1. The number of nitrogens with zero attached hydrogens (tertiary/aromatic N) is 2. The van der Waals surface area contributed by atoms with Crippen LogP contribution in [0.1, 0.15) is 24.8 Å². The van der Waals surface area contributed by atoms with Crippen LogP contribution in [-0.2, 0) is 0 Å². The Morgan fingerprint density at radius 2 is 1.87 bits per heavy atom. The predicted octanol–water partition coefficient (Wildman–Crippen LogP) is 2.20. The summed E-state index contributed by atoms with van der Waals surface area (Å²) < 4.78 is 5.24. The number of nitrogens with one attached hydrogen (secondary N) is 1. The summed E-state index contributed by atoms with van der Waals surface area (Å²) >= 11 is 0. The van der Waals surface area contributed by atoms with Crippen LogP contribution in [0, 0.1) is 0 Å². The molecule has 1 N–H and O–H groups in total. The molecule has 5 heteroatoms. The Morgan fingerprint density at radius 1 is 1.17 bits per heavy atom. The highest BCUT2D eigenvalue weighted by atomic mass is 35.5. The zero-order chi connectivity index (χ0) is 15.4. The molecule has 0 radical (unpaired) electrons. The Morgan fingerprint density at radius 3 is 2.52 bits per heavy atom. The maximum Gasteiger partial charge on any atom is 0.118 e. The number of halogens is 1. The maximum absolute atomic E-state index is 5.24. The molecule has 2 aliphatic rings. The molecule has 2 unspecified atom stereocenters. The minimum Gasteiger partial charge on any atom is -0.497 e. The van der Waals surface area contributed by atoms with Gasteiger partial charge in [-0.15, -0.1) is 12.4 Å². The SMILES string of the molecule is COc1ccc(C(C)CN2CCC(N3CCNCC3)C2)cc1.Cl. The Kier molecular flexibility index (Phi) is 7.15. The average molecular weight is 340 g/mol. The second kappa shape index (κ2) is 8.88. The molecule has 23 heavy (non-hydrogen) atoms. The molecule has 0 aliphatic carbocycles. The van der Waals surface area contributed by atoms with Crippen molar-refractivity contribution >= 4 is 12.4 Å². The zero-order valence-electron chi connectivity index (χ0n) is 14.3. The van der Waals surface area contributed by atoms with Crippen LogP contribution < -0.4 is 10.1 Å². The third-order valence-corrected chi connectivity index (χ3v) is 5.13. The molecular weight excluding hydrogens is 310 g/mol. The molecule has 3 rings (SSSR count). The van der Waals surface area contributed by atoms with Crippen molar-refractivity contribution in [2.75, 3.05) is 52.9 Å². The fraction of sp³-hybridized carbons (Fsp3) is 0.667. The number of benzene rings is 1. The summed E-state index contributed by atoms with van der Waals surface area (Å²) in [5.41, 5.74) is 1.41. The maximum atomic E-state index is 5.24. The van der Waals surface area contributed by atoms with Gasteiger partial charge >= 0.3 is 0 Å². The van der Waals surface area contributed by atoms with E-state index in [4.69, 9.17) is 4.74 Å². The minimum absolute atomic E-state index is 0. The van der Waals surface area contributed by atoms with Crippen LogP contribution in [0.4, 0.5) is 0 Å². The van der Waals surface area contributed by atoms with E-state index < -0.39 is 0 Å². The van der Waals surface area contributed by atoms with Crippen LogP contribution in [0.2, 0.25) is 0 Å². The van der Waals surface area contributed by atoms with Crippen molar-refractivity contribution in [1.29, 1.82) is 0 Å². The Labute approximate surface area is 146 Å². The van der Waals surface area contributed by atoms with Crippen molar-refractivity contribution in [3.63, 3.8) is 0 Å². The fourth-order valence-corrected chi connectivity index (χ4v) is 3.75. The van der Waals surface area contributed by atoms with E-state index in [0.717, 1.165) is 31.4 Å². The van der Waals surface area contributed by atoms with Gasteiger partial charge in [0, 0.05) is 45.3 Å². The Hall–Kier alpha value is -0.810. The van der Waals surface area contributed by atoms with Gasteiger partial charge in [0.05, 0.1) is 7.11 Å². The minimum atomic E-state index is 0. The summed E-state index contributed by atoms with van der Waals surface area (Å²) in [6.07, 6.45) is 1.33. The predicted molar refractivity (Wildman–Crippen MR) is 97.9 cm³/mol. The van der Waals surface area contributed by atoms with E-state index >= 15 is 0 Å². The molecule has 0 spiro atoms. The summed E-state index contributed by atoms with van der Waals surface area (Å²) in [4.78, 5) is 5.32. The van der Waals surface area contributed by atoms with Gasteiger partial charge in [0.1, 0.15) is 5.75 Å². The van der Waals surface area contributed by atoms with E-state index in [1.807, 2.05) is 0 Å². The molecule has 1 aromatic carbocycles.